The first-order valence-corrected chi connectivity index (χ1v) is 11.2. The Balaban J connectivity index is 1.79. The van der Waals surface area contributed by atoms with Crippen LogP contribution >= 0.6 is 11.8 Å². The Labute approximate surface area is 197 Å². The van der Waals surface area contributed by atoms with Gasteiger partial charge in [0.15, 0.2) is 0 Å². The second-order valence-electron chi connectivity index (χ2n) is 7.48. The summed E-state index contributed by atoms with van der Waals surface area (Å²) >= 11 is 1.26. The van der Waals surface area contributed by atoms with Gasteiger partial charge >= 0.3 is 0 Å². The van der Waals surface area contributed by atoms with E-state index in [4.69, 9.17) is 9.47 Å². The minimum absolute atomic E-state index is 0.207. The van der Waals surface area contributed by atoms with Gasteiger partial charge in [0.05, 0.1) is 25.6 Å². The summed E-state index contributed by atoms with van der Waals surface area (Å²) in [4.78, 5) is 29.6. The fraction of sp³-hybridized carbons (Fsp3) is 0.154. The maximum atomic E-state index is 13.6. The van der Waals surface area contributed by atoms with E-state index in [1.807, 2.05) is 56.3 Å². The van der Waals surface area contributed by atoms with E-state index in [0.29, 0.717) is 27.8 Å². The Morgan fingerprint density at radius 2 is 1.61 bits per heavy atom. The minimum atomic E-state index is -0.412. The number of hydrogen-bond acceptors (Lipinski definition) is 6. The van der Waals surface area contributed by atoms with Crippen LogP contribution in [0.4, 0.5) is 11.4 Å². The van der Waals surface area contributed by atoms with E-state index in [1.54, 1.807) is 31.4 Å². The highest BCUT2D eigenvalue weighted by Crippen LogP contribution is 2.40. The molecule has 0 saturated carbocycles. The summed E-state index contributed by atoms with van der Waals surface area (Å²) in [5, 5.41) is 3.16. The maximum absolute atomic E-state index is 13.6. The quantitative estimate of drug-likeness (QED) is 0.482. The Bertz CT molecular complexity index is 1250. The second kappa shape index (κ2) is 9.42. The molecule has 6 nitrogen and oxygen atoms in total. The first-order chi connectivity index (χ1) is 15.9. The van der Waals surface area contributed by atoms with Gasteiger partial charge in [-0.15, -0.1) is 0 Å². The summed E-state index contributed by atoms with van der Waals surface area (Å²) in [6, 6.07) is 20.3. The number of nitrogens with zero attached hydrogens (tertiary/aromatic N) is 1. The van der Waals surface area contributed by atoms with Gasteiger partial charge in [-0.3, -0.25) is 9.59 Å². The smallest absolute Gasteiger partial charge is 0.283 e. The van der Waals surface area contributed by atoms with Gasteiger partial charge in [-0.1, -0.05) is 42.1 Å². The van der Waals surface area contributed by atoms with Crippen molar-refractivity contribution >= 4 is 35.0 Å². The van der Waals surface area contributed by atoms with Crippen LogP contribution in [0.3, 0.4) is 0 Å². The van der Waals surface area contributed by atoms with Gasteiger partial charge in [-0.25, -0.2) is 4.90 Å². The van der Waals surface area contributed by atoms with E-state index in [1.165, 1.54) is 23.8 Å². The third-order valence-corrected chi connectivity index (χ3v) is 6.58. The number of benzene rings is 3. The van der Waals surface area contributed by atoms with Crippen LogP contribution in [0, 0.1) is 13.8 Å². The zero-order chi connectivity index (χ0) is 23.5. The summed E-state index contributed by atoms with van der Waals surface area (Å²) in [7, 11) is 3.11. The molecule has 0 aromatic heterocycles. The summed E-state index contributed by atoms with van der Waals surface area (Å²) < 4.78 is 10.7. The standard InChI is InChI=1S/C26H24N2O4S/c1-16-9-8-12-21(17(16)2)28-25(29)23(24(26(28)30)33-19-10-6-5-7-11-19)27-20-14-13-18(31-3)15-22(20)32-4/h5-15,27H,1-4H3. The zero-order valence-electron chi connectivity index (χ0n) is 18.8. The lowest BCUT2D eigenvalue weighted by atomic mass is 10.1. The number of amides is 2. The van der Waals surface area contributed by atoms with Crippen molar-refractivity contribution in [3.05, 3.63) is 88.5 Å². The molecule has 1 heterocycles. The molecule has 0 atom stereocenters. The van der Waals surface area contributed by atoms with E-state index < -0.39 is 5.91 Å². The Morgan fingerprint density at radius 3 is 2.30 bits per heavy atom. The first-order valence-electron chi connectivity index (χ1n) is 10.4. The third-order valence-electron chi connectivity index (χ3n) is 5.49. The fourth-order valence-corrected chi connectivity index (χ4v) is 4.50. The van der Waals surface area contributed by atoms with Gasteiger partial charge in [0, 0.05) is 11.0 Å². The molecule has 3 aromatic carbocycles. The molecule has 33 heavy (non-hydrogen) atoms. The lowest BCUT2D eigenvalue weighted by Gasteiger charge is -2.19. The predicted octanol–water partition coefficient (Wildman–Crippen LogP) is 5.31. The molecule has 0 saturated heterocycles. The maximum Gasteiger partial charge on any atom is 0.283 e. The van der Waals surface area contributed by atoms with E-state index in [2.05, 4.69) is 5.32 Å². The molecule has 3 aromatic rings. The van der Waals surface area contributed by atoms with Gasteiger partial charge in [-0.05, 0) is 55.3 Å². The van der Waals surface area contributed by atoms with Crippen LogP contribution < -0.4 is 19.7 Å². The molecule has 0 aliphatic carbocycles. The van der Waals surface area contributed by atoms with Crippen LogP contribution in [0.1, 0.15) is 11.1 Å². The average Bonchev–Trinajstić information content (AvgIpc) is 3.05. The van der Waals surface area contributed by atoms with Gasteiger partial charge in [-0.2, -0.15) is 0 Å². The molecule has 168 valence electrons. The number of anilines is 2. The lowest BCUT2D eigenvalue weighted by molar-refractivity contribution is -0.120. The molecule has 4 rings (SSSR count). The summed E-state index contributed by atoms with van der Waals surface area (Å²) in [5.74, 6) is 0.343. The number of hydrogen-bond donors (Lipinski definition) is 1. The molecule has 0 bridgehead atoms. The molecular weight excluding hydrogens is 436 g/mol. The van der Waals surface area contributed by atoms with Crippen molar-refractivity contribution in [1.82, 2.24) is 0 Å². The van der Waals surface area contributed by atoms with Crippen molar-refractivity contribution in [1.29, 1.82) is 0 Å². The van der Waals surface area contributed by atoms with E-state index in [0.717, 1.165) is 16.0 Å². The van der Waals surface area contributed by atoms with Gasteiger partial charge in [0.25, 0.3) is 11.8 Å². The highest BCUT2D eigenvalue weighted by molar-refractivity contribution is 8.04. The van der Waals surface area contributed by atoms with Gasteiger partial charge in [0.2, 0.25) is 0 Å². The number of carbonyl (C=O) groups is 2. The SMILES string of the molecule is COc1ccc(NC2=C(Sc3ccccc3)C(=O)N(c3cccc(C)c3C)C2=O)c(OC)c1. The number of thioether (sulfide) groups is 1. The summed E-state index contributed by atoms with van der Waals surface area (Å²) in [6.45, 7) is 3.87. The molecule has 1 N–H and O–H groups in total. The van der Waals surface area contributed by atoms with E-state index in [9.17, 15) is 9.59 Å². The third kappa shape index (κ3) is 4.32. The van der Waals surface area contributed by atoms with Crippen LogP contribution in [0.5, 0.6) is 11.5 Å². The highest BCUT2D eigenvalue weighted by atomic mass is 32.2. The van der Waals surface area contributed by atoms with Gasteiger partial charge < -0.3 is 14.8 Å². The molecule has 7 heteroatoms. The number of aryl methyl sites for hydroxylation is 1. The summed E-state index contributed by atoms with van der Waals surface area (Å²) in [5.41, 5.74) is 3.23. The second-order valence-corrected chi connectivity index (χ2v) is 8.56. The molecule has 0 unspecified atom stereocenters. The zero-order valence-corrected chi connectivity index (χ0v) is 19.7. The molecule has 1 aliphatic heterocycles. The number of ether oxygens (including phenoxy) is 2. The van der Waals surface area contributed by atoms with Crippen molar-refractivity contribution in [2.45, 2.75) is 18.7 Å². The van der Waals surface area contributed by atoms with Crippen molar-refractivity contribution in [2.75, 3.05) is 24.4 Å². The predicted molar refractivity (Wildman–Crippen MR) is 131 cm³/mol. The normalized spacial score (nSPS) is 13.5. The first kappa shape index (κ1) is 22.5. The van der Waals surface area contributed by atoms with Crippen molar-refractivity contribution < 1.29 is 19.1 Å². The number of methoxy groups -OCH3 is 2. The lowest BCUT2D eigenvalue weighted by Crippen LogP contribution is -2.33. The van der Waals surface area contributed by atoms with Crippen LogP contribution in [0.25, 0.3) is 0 Å². The Kier molecular flexibility index (Phi) is 6.42. The number of nitrogens with one attached hydrogen (secondary N) is 1. The monoisotopic (exact) mass is 460 g/mol. The molecule has 2 amide bonds. The van der Waals surface area contributed by atoms with E-state index in [-0.39, 0.29) is 11.6 Å². The molecule has 0 radical (unpaired) electrons. The summed E-state index contributed by atoms with van der Waals surface area (Å²) in [6.07, 6.45) is 0. The number of carbonyl (C=O) groups excluding carboxylic acids is 2. The van der Waals surface area contributed by atoms with Crippen LogP contribution in [0.15, 0.2) is 82.2 Å². The van der Waals surface area contributed by atoms with E-state index >= 15 is 0 Å². The highest BCUT2D eigenvalue weighted by Gasteiger charge is 2.41. The number of imide groups is 1. The largest absolute Gasteiger partial charge is 0.497 e. The van der Waals surface area contributed by atoms with Crippen LogP contribution in [0.2, 0.25) is 0 Å². The van der Waals surface area contributed by atoms with Crippen molar-refractivity contribution in [3.63, 3.8) is 0 Å². The van der Waals surface area contributed by atoms with Crippen LogP contribution in [-0.2, 0) is 9.59 Å². The van der Waals surface area contributed by atoms with Crippen molar-refractivity contribution in [3.8, 4) is 11.5 Å². The average molecular weight is 461 g/mol. The van der Waals surface area contributed by atoms with Crippen molar-refractivity contribution in [2.24, 2.45) is 0 Å². The molecule has 0 fully saturated rings. The molecule has 1 aliphatic rings. The Morgan fingerprint density at radius 1 is 0.848 bits per heavy atom. The van der Waals surface area contributed by atoms with Gasteiger partial charge in [0.1, 0.15) is 22.1 Å². The van der Waals surface area contributed by atoms with Crippen LogP contribution in [-0.4, -0.2) is 26.0 Å². The molecular formula is C26H24N2O4S. The number of rotatable bonds is 7. The fourth-order valence-electron chi connectivity index (χ4n) is 3.55. The molecule has 0 spiro atoms. The Hall–Kier alpha value is -3.71. The minimum Gasteiger partial charge on any atom is -0.497 e. The topological polar surface area (TPSA) is 67.9 Å².